The molecule has 2 amide bonds. The van der Waals surface area contributed by atoms with Gasteiger partial charge in [0.25, 0.3) is 5.91 Å². The maximum absolute atomic E-state index is 13.9. The van der Waals surface area contributed by atoms with Crippen LogP contribution in [0.25, 0.3) is 0 Å². The number of anilines is 2. The summed E-state index contributed by atoms with van der Waals surface area (Å²) in [6.45, 7) is 9.07. The molecule has 3 aromatic carbocycles. The molecule has 46 heavy (non-hydrogen) atoms. The molecule has 0 spiro atoms. The van der Waals surface area contributed by atoms with Crippen LogP contribution >= 0.6 is 23.8 Å². The molecule has 0 radical (unpaired) electrons. The van der Waals surface area contributed by atoms with Gasteiger partial charge in [-0.1, -0.05) is 48.9 Å². The van der Waals surface area contributed by atoms with Gasteiger partial charge in [-0.2, -0.15) is 0 Å². The molecular formula is C35H42ClN5O4S. The number of carbonyl (C=O) groups excluding carboxylic acids is 2. The molecule has 5 rings (SSSR count). The highest BCUT2D eigenvalue weighted by Gasteiger charge is 2.44. The molecule has 2 heterocycles. The Kier molecular flexibility index (Phi) is 11.9. The van der Waals surface area contributed by atoms with Crippen molar-refractivity contribution in [3.05, 3.63) is 83.4 Å². The Morgan fingerprint density at radius 2 is 1.70 bits per heavy atom. The number of nitrogens with one attached hydrogen (secondary N) is 1. The zero-order valence-corrected chi connectivity index (χ0v) is 28.1. The van der Waals surface area contributed by atoms with Gasteiger partial charge in [-0.3, -0.25) is 19.4 Å². The number of hydrogen-bond donors (Lipinski definition) is 1. The summed E-state index contributed by atoms with van der Waals surface area (Å²) in [5.41, 5.74) is 2.52. The summed E-state index contributed by atoms with van der Waals surface area (Å²) in [5, 5.41) is 3.68. The number of nitrogens with zero attached hydrogens (tertiary/aromatic N) is 4. The number of carbonyl (C=O) groups is 2. The van der Waals surface area contributed by atoms with E-state index in [1.54, 1.807) is 30.3 Å². The molecule has 2 aliphatic heterocycles. The Morgan fingerprint density at radius 1 is 0.978 bits per heavy atom. The minimum absolute atomic E-state index is 0.0361. The third kappa shape index (κ3) is 8.55. The number of benzene rings is 3. The second kappa shape index (κ2) is 16.2. The van der Waals surface area contributed by atoms with Gasteiger partial charge < -0.3 is 24.6 Å². The first-order chi connectivity index (χ1) is 22.4. The first-order valence-corrected chi connectivity index (χ1v) is 16.6. The summed E-state index contributed by atoms with van der Waals surface area (Å²) in [4.78, 5) is 35.5. The van der Waals surface area contributed by atoms with Crippen molar-refractivity contribution in [3.8, 4) is 11.5 Å². The quantitative estimate of drug-likeness (QED) is 0.221. The van der Waals surface area contributed by atoms with Crippen LogP contribution in [0.2, 0.25) is 5.02 Å². The zero-order chi connectivity index (χ0) is 32.5. The highest BCUT2D eigenvalue weighted by atomic mass is 35.5. The molecular weight excluding hydrogens is 622 g/mol. The van der Waals surface area contributed by atoms with Crippen LogP contribution in [0.15, 0.2) is 72.8 Å². The number of thiocarbonyl (C=S) groups is 1. The summed E-state index contributed by atoms with van der Waals surface area (Å²) in [6.07, 6.45) is 1.68. The third-order valence-corrected chi connectivity index (χ3v) is 9.00. The predicted molar refractivity (Wildman–Crippen MR) is 187 cm³/mol. The van der Waals surface area contributed by atoms with Crippen LogP contribution in [0.1, 0.15) is 31.7 Å². The van der Waals surface area contributed by atoms with E-state index in [1.807, 2.05) is 30.0 Å². The number of rotatable bonds is 14. The second-order valence-electron chi connectivity index (χ2n) is 11.6. The predicted octanol–water partition coefficient (Wildman–Crippen LogP) is 5.68. The average Bonchev–Trinajstić information content (AvgIpc) is 3.29. The van der Waals surface area contributed by atoms with Crippen molar-refractivity contribution in [2.75, 3.05) is 63.2 Å². The van der Waals surface area contributed by atoms with Gasteiger partial charge in [-0.25, -0.2) is 0 Å². The molecule has 0 unspecified atom stereocenters. The fraction of sp³-hybridized carbons (Fsp3) is 0.400. The molecule has 2 saturated heterocycles. The molecule has 3 aromatic rings. The van der Waals surface area contributed by atoms with Gasteiger partial charge in [0, 0.05) is 45.0 Å². The van der Waals surface area contributed by atoms with Crippen LogP contribution in [-0.2, 0) is 16.1 Å². The molecule has 244 valence electrons. The highest BCUT2D eigenvalue weighted by molar-refractivity contribution is 7.80. The fourth-order valence-electron chi connectivity index (χ4n) is 5.84. The van der Waals surface area contributed by atoms with Crippen molar-refractivity contribution < 1.29 is 19.1 Å². The Hall–Kier alpha value is -3.70. The minimum atomic E-state index is -0.733. The molecule has 2 aliphatic rings. The number of hydrogen-bond acceptors (Lipinski definition) is 7. The maximum atomic E-state index is 13.9. The van der Waals surface area contributed by atoms with Crippen molar-refractivity contribution >= 4 is 52.1 Å². The van der Waals surface area contributed by atoms with E-state index in [0.717, 1.165) is 57.9 Å². The van der Waals surface area contributed by atoms with Gasteiger partial charge in [0.2, 0.25) is 5.91 Å². The van der Waals surface area contributed by atoms with Crippen molar-refractivity contribution in [1.82, 2.24) is 14.7 Å². The number of halogens is 1. The Morgan fingerprint density at radius 3 is 2.37 bits per heavy atom. The van der Waals surface area contributed by atoms with Crippen molar-refractivity contribution in [2.45, 2.75) is 38.8 Å². The van der Waals surface area contributed by atoms with Crippen LogP contribution in [0.3, 0.4) is 0 Å². The fourth-order valence-corrected chi connectivity index (χ4v) is 6.50. The summed E-state index contributed by atoms with van der Waals surface area (Å²) in [5.74, 6) is 0.733. The monoisotopic (exact) mass is 663 g/mol. The van der Waals surface area contributed by atoms with Gasteiger partial charge in [0.15, 0.2) is 5.11 Å². The van der Waals surface area contributed by atoms with Gasteiger partial charge in [-0.05, 0) is 79.6 Å². The minimum Gasteiger partial charge on any atom is -0.495 e. The van der Waals surface area contributed by atoms with E-state index in [0.29, 0.717) is 40.4 Å². The highest BCUT2D eigenvalue weighted by Crippen LogP contribution is 2.33. The van der Waals surface area contributed by atoms with E-state index < -0.39 is 6.04 Å². The molecule has 0 aromatic heterocycles. The molecule has 0 bridgehead atoms. The third-order valence-electron chi connectivity index (χ3n) is 8.29. The van der Waals surface area contributed by atoms with E-state index in [1.165, 1.54) is 17.6 Å². The van der Waals surface area contributed by atoms with Crippen molar-refractivity contribution in [3.63, 3.8) is 0 Å². The van der Waals surface area contributed by atoms with Gasteiger partial charge in [0.1, 0.15) is 17.5 Å². The molecule has 1 atom stereocenters. The van der Waals surface area contributed by atoms with E-state index in [2.05, 4.69) is 39.4 Å². The zero-order valence-electron chi connectivity index (χ0n) is 26.5. The number of piperazine rings is 1. The van der Waals surface area contributed by atoms with Crippen molar-refractivity contribution in [1.29, 1.82) is 0 Å². The number of amides is 2. The molecule has 11 heteroatoms. The molecule has 0 aliphatic carbocycles. The smallest absolute Gasteiger partial charge is 0.256 e. The van der Waals surface area contributed by atoms with Gasteiger partial charge in [0.05, 0.1) is 30.8 Å². The van der Waals surface area contributed by atoms with E-state index >= 15 is 0 Å². The lowest BCUT2D eigenvalue weighted by Gasteiger charge is -2.35. The molecule has 1 N–H and O–H groups in total. The van der Waals surface area contributed by atoms with E-state index in [9.17, 15) is 9.59 Å². The summed E-state index contributed by atoms with van der Waals surface area (Å²) in [6, 6.07) is 22.2. The van der Waals surface area contributed by atoms with Crippen LogP contribution in [0.4, 0.5) is 11.4 Å². The lowest BCUT2D eigenvalue weighted by molar-refractivity contribution is -0.124. The standard InChI is InChI=1S/C35H42ClN5O4S/c1-3-22-45-29-13-10-27(11-14-29)37-33(42)24-31-34(43)41(28-12-15-32(44-2)30(36)23-28)35(46)40(31)17-7-16-38-18-20-39(21-19-38)25-26-8-5-4-6-9-26/h4-6,8-15,23,31H,3,7,16-22,24-25H2,1-2H3,(H,37,42)/t31-/m1/s1. The lowest BCUT2D eigenvalue weighted by Crippen LogP contribution is -2.47. The average molecular weight is 664 g/mol. The first-order valence-electron chi connectivity index (χ1n) is 15.9. The molecule has 2 fully saturated rings. The van der Waals surface area contributed by atoms with Crippen LogP contribution in [-0.4, -0.2) is 90.7 Å². The van der Waals surface area contributed by atoms with E-state index in [4.69, 9.17) is 33.3 Å². The summed E-state index contributed by atoms with van der Waals surface area (Å²) < 4.78 is 10.9. The number of methoxy groups -OCH3 is 1. The number of ether oxygens (including phenoxy) is 2. The molecule has 0 saturated carbocycles. The Bertz CT molecular complexity index is 1480. The summed E-state index contributed by atoms with van der Waals surface area (Å²) >= 11 is 12.3. The van der Waals surface area contributed by atoms with Gasteiger partial charge >= 0.3 is 0 Å². The van der Waals surface area contributed by atoms with Crippen LogP contribution in [0, 0.1) is 0 Å². The molecule has 9 nitrogen and oxygen atoms in total. The lowest BCUT2D eigenvalue weighted by atomic mass is 10.1. The SMILES string of the molecule is CCCOc1ccc(NC(=O)C[C@@H]2C(=O)N(c3ccc(OC)c(Cl)c3)C(=S)N2CCCN2CCN(Cc3ccccc3)CC2)cc1. The maximum Gasteiger partial charge on any atom is 0.256 e. The van der Waals surface area contributed by atoms with Crippen molar-refractivity contribution in [2.24, 2.45) is 0 Å². The Labute approximate surface area is 282 Å². The van der Waals surface area contributed by atoms with Gasteiger partial charge in [-0.15, -0.1) is 0 Å². The Balaban J connectivity index is 1.22. The van der Waals surface area contributed by atoms with E-state index in [-0.39, 0.29) is 18.2 Å². The van der Waals surface area contributed by atoms with Crippen LogP contribution in [0.5, 0.6) is 11.5 Å². The van der Waals surface area contributed by atoms with Crippen LogP contribution < -0.4 is 19.7 Å². The normalized spacial score (nSPS) is 17.4. The summed E-state index contributed by atoms with van der Waals surface area (Å²) in [7, 11) is 1.54. The second-order valence-corrected chi connectivity index (χ2v) is 12.3. The topological polar surface area (TPSA) is 77.6 Å². The first kappa shape index (κ1) is 33.7. The largest absolute Gasteiger partial charge is 0.495 e.